The van der Waals surface area contributed by atoms with E-state index in [-0.39, 0.29) is 24.0 Å². The van der Waals surface area contributed by atoms with Crippen molar-refractivity contribution in [3.05, 3.63) is 23.4 Å². The van der Waals surface area contributed by atoms with Crippen molar-refractivity contribution >= 4 is 34.4 Å². The van der Waals surface area contributed by atoms with Crippen LogP contribution in [0.15, 0.2) is 18.2 Å². The summed E-state index contributed by atoms with van der Waals surface area (Å²) in [4.78, 5) is 21.4. The van der Waals surface area contributed by atoms with E-state index in [0.29, 0.717) is 16.5 Å². The van der Waals surface area contributed by atoms with Crippen molar-refractivity contribution in [2.24, 2.45) is 0 Å². The summed E-state index contributed by atoms with van der Waals surface area (Å²) in [6.07, 6.45) is 2.50. The van der Waals surface area contributed by atoms with Gasteiger partial charge in [-0.25, -0.2) is 14.8 Å². The summed E-state index contributed by atoms with van der Waals surface area (Å²) in [6, 6.07) is 5.14. The van der Waals surface area contributed by atoms with Crippen molar-refractivity contribution in [2.45, 2.75) is 43.8 Å². The minimum atomic E-state index is -0.827. The lowest BCUT2D eigenvalue weighted by Crippen LogP contribution is -2.49. The van der Waals surface area contributed by atoms with E-state index in [1.54, 1.807) is 17.0 Å². The zero-order chi connectivity index (χ0) is 16.8. The van der Waals surface area contributed by atoms with Crippen LogP contribution in [-0.4, -0.2) is 49.3 Å². The number of carbonyl (C=O) groups is 1. The van der Waals surface area contributed by atoms with Crippen molar-refractivity contribution in [2.75, 3.05) is 5.32 Å². The second-order valence-electron chi connectivity index (χ2n) is 6.42. The summed E-state index contributed by atoms with van der Waals surface area (Å²) in [7, 11) is 0. The van der Waals surface area contributed by atoms with Gasteiger partial charge in [-0.05, 0) is 31.7 Å². The molecule has 0 aliphatic carbocycles. The van der Waals surface area contributed by atoms with Crippen LogP contribution in [0.3, 0.4) is 0 Å². The zero-order valence-corrected chi connectivity index (χ0v) is 13.6. The molecule has 0 radical (unpaired) electrons. The SMILES string of the molecule is O=C(O)N1[C@@H]2CC[C@H]1C[C@@H](Nc1nc(Cl)cc3nc(O)ccc13)C2. The third kappa shape index (κ3) is 2.58. The van der Waals surface area contributed by atoms with E-state index in [0.717, 1.165) is 31.1 Å². The molecular formula is C16H17ClN4O3. The van der Waals surface area contributed by atoms with E-state index < -0.39 is 6.09 Å². The van der Waals surface area contributed by atoms with Gasteiger partial charge in [-0.15, -0.1) is 0 Å². The normalized spacial score (nSPS) is 25.9. The number of carboxylic acid groups (broad SMARTS) is 1. The van der Waals surface area contributed by atoms with Gasteiger partial charge in [-0.1, -0.05) is 11.6 Å². The van der Waals surface area contributed by atoms with E-state index in [9.17, 15) is 15.0 Å². The predicted octanol–water partition coefficient (Wildman–Crippen LogP) is 3.07. The number of rotatable bonds is 2. The van der Waals surface area contributed by atoms with Crippen molar-refractivity contribution < 1.29 is 15.0 Å². The Hall–Kier alpha value is -2.28. The maximum Gasteiger partial charge on any atom is 0.407 e. The summed E-state index contributed by atoms with van der Waals surface area (Å²) in [5, 5.41) is 23.4. The van der Waals surface area contributed by atoms with Gasteiger partial charge in [0.2, 0.25) is 5.88 Å². The molecule has 0 saturated carbocycles. The number of hydrogen-bond acceptors (Lipinski definition) is 5. The molecule has 4 heterocycles. The van der Waals surface area contributed by atoms with Crippen molar-refractivity contribution in [3.63, 3.8) is 0 Å². The number of aromatic nitrogens is 2. The number of nitrogens with zero attached hydrogens (tertiary/aromatic N) is 3. The topological polar surface area (TPSA) is 98.6 Å². The number of nitrogens with one attached hydrogen (secondary N) is 1. The molecule has 7 nitrogen and oxygen atoms in total. The third-order valence-electron chi connectivity index (χ3n) is 4.93. The molecule has 2 aromatic rings. The summed E-state index contributed by atoms with van der Waals surface area (Å²) in [5.74, 6) is 0.557. The molecular weight excluding hydrogens is 332 g/mol. The molecule has 126 valence electrons. The molecule has 3 N–H and O–H groups in total. The number of pyridine rings is 2. The molecule has 1 amide bonds. The summed E-state index contributed by atoms with van der Waals surface area (Å²) < 4.78 is 0. The average molecular weight is 349 g/mol. The van der Waals surface area contributed by atoms with Crippen LogP contribution in [0, 0.1) is 0 Å². The molecule has 8 heteroatoms. The predicted molar refractivity (Wildman–Crippen MR) is 89.5 cm³/mol. The summed E-state index contributed by atoms with van der Waals surface area (Å²) >= 11 is 6.07. The molecule has 0 aromatic carbocycles. The summed E-state index contributed by atoms with van der Waals surface area (Å²) in [6.45, 7) is 0. The van der Waals surface area contributed by atoms with Crippen molar-refractivity contribution in [1.29, 1.82) is 0 Å². The second kappa shape index (κ2) is 5.66. The number of fused-ring (bicyclic) bond motifs is 3. The van der Waals surface area contributed by atoms with E-state index in [1.165, 1.54) is 6.07 Å². The fraction of sp³-hybridized carbons (Fsp3) is 0.438. The van der Waals surface area contributed by atoms with Crippen LogP contribution >= 0.6 is 11.6 Å². The lowest BCUT2D eigenvalue weighted by molar-refractivity contribution is 0.0994. The van der Waals surface area contributed by atoms with E-state index >= 15 is 0 Å². The van der Waals surface area contributed by atoms with Gasteiger partial charge in [0.15, 0.2) is 0 Å². The lowest BCUT2D eigenvalue weighted by Gasteiger charge is -2.37. The minimum Gasteiger partial charge on any atom is -0.493 e. The molecule has 2 fully saturated rings. The molecule has 2 aliphatic rings. The standard InChI is InChI=1S/C16H17ClN4O3/c17-13-7-12-11(3-4-14(22)19-12)15(20-13)18-8-5-9-1-2-10(6-8)21(9)16(23)24/h3-4,7-10H,1-2,5-6H2,(H,18,20)(H,19,22)(H,23,24)/t8-,9+,10-. The minimum absolute atomic E-state index is 0.0615. The Morgan fingerprint density at radius 1 is 1.25 bits per heavy atom. The van der Waals surface area contributed by atoms with Gasteiger partial charge in [-0.2, -0.15) is 0 Å². The second-order valence-corrected chi connectivity index (χ2v) is 6.80. The highest BCUT2D eigenvalue weighted by Gasteiger charge is 2.43. The Bertz CT molecular complexity index is 796. The smallest absolute Gasteiger partial charge is 0.407 e. The van der Waals surface area contributed by atoms with Crippen LogP contribution in [0.4, 0.5) is 10.6 Å². The number of hydrogen-bond donors (Lipinski definition) is 3. The van der Waals surface area contributed by atoms with Crippen molar-refractivity contribution in [1.82, 2.24) is 14.9 Å². The first-order valence-corrected chi connectivity index (χ1v) is 8.33. The van der Waals surface area contributed by atoms with E-state index in [1.807, 2.05) is 0 Å². The first-order valence-electron chi connectivity index (χ1n) is 7.95. The number of halogens is 1. The monoisotopic (exact) mass is 348 g/mol. The Morgan fingerprint density at radius 2 is 1.96 bits per heavy atom. The zero-order valence-electron chi connectivity index (χ0n) is 12.8. The number of anilines is 1. The number of aromatic hydroxyl groups is 1. The molecule has 0 unspecified atom stereocenters. The van der Waals surface area contributed by atoms with Crippen LogP contribution in [0.2, 0.25) is 5.15 Å². The Balaban J connectivity index is 1.61. The Labute approximate surface area is 143 Å². The Kier molecular flexibility index (Phi) is 3.60. The Morgan fingerprint density at radius 3 is 2.62 bits per heavy atom. The molecule has 3 atom stereocenters. The van der Waals surface area contributed by atoms with Gasteiger partial charge < -0.3 is 20.4 Å². The maximum absolute atomic E-state index is 11.4. The highest BCUT2D eigenvalue weighted by molar-refractivity contribution is 6.30. The molecule has 2 saturated heterocycles. The van der Waals surface area contributed by atoms with Crippen molar-refractivity contribution in [3.8, 4) is 5.88 Å². The first kappa shape index (κ1) is 15.3. The van der Waals surface area contributed by atoms with Crippen LogP contribution < -0.4 is 5.32 Å². The molecule has 0 spiro atoms. The van der Waals surface area contributed by atoms with Crippen LogP contribution in [0.5, 0.6) is 5.88 Å². The maximum atomic E-state index is 11.4. The average Bonchev–Trinajstić information content (AvgIpc) is 2.78. The third-order valence-corrected chi connectivity index (χ3v) is 5.13. The van der Waals surface area contributed by atoms with Gasteiger partial charge in [0.1, 0.15) is 11.0 Å². The van der Waals surface area contributed by atoms with Gasteiger partial charge in [0.25, 0.3) is 0 Å². The number of piperidine rings is 1. The number of amides is 1. The van der Waals surface area contributed by atoms with Crippen LogP contribution in [0.25, 0.3) is 10.9 Å². The van der Waals surface area contributed by atoms with Gasteiger partial charge >= 0.3 is 6.09 Å². The molecule has 2 aliphatic heterocycles. The van der Waals surface area contributed by atoms with Gasteiger partial charge in [0, 0.05) is 35.6 Å². The molecule has 4 rings (SSSR count). The van der Waals surface area contributed by atoms with Gasteiger partial charge in [-0.3, -0.25) is 0 Å². The van der Waals surface area contributed by atoms with E-state index in [2.05, 4.69) is 15.3 Å². The molecule has 24 heavy (non-hydrogen) atoms. The molecule has 2 aromatic heterocycles. The fourth-order valence-electron chi connectivity index (χ4n) is 4.00. The quantitative estimate of drug-likeness (QED) is 0.721. The lowest BCUT2D eigenvalue weighted by atomic mass is 9.97. The summed E-state index contributed by atoms with van der Waals surface area (Å²) in [5.41, 5.74) is 0.573. The fourth-order valence-corrected chi connectivity index (χ4v) is 4.18. The largest absolute Gasteiger partial charge is 0.493 e. The van der Waals surface area contributed by atoms with Crippen LogP contribution in [-0.2, 0) is 0 Å². The van der Waals surface area contributed by atoms with Crippen LogP contribution in [0.1, 0.15) is 25.7 Å². The van der Waals surface area contributed by atoms with Gasteiger partial charge in [0.05, 0.1) is 5.52 Å². The van der Waals surface area contributed by atoms with E-state index in [4.69, 9.17) is 11.6 Å². The highest BCUT2D eigenvalue weighted by Crippen LogP contribution is 2.37. The first-order chi connectivity index (χ1) is 11.5. The highest BCUT2D eigenvalue weighted by atomic mass is 35.5. The molecule has 2 bridgehead atoms.